The molecule has 1 aromatic rings. The van der Waals surface area contributed by atoms with Crippen LogP contribution in [0.15, 0.2) is 6.20 Å². The molecular weight excluding hydrogens is 166 g/mol. The van der Waals surface area contributed by atoms with Crippen molar-refractivity contribution in [1.82, 2.24) is 14.7 Å². The lowest BCUT2D eigenvalue weighted by atomic mass is 10.2. The van der Waals surface area contributed by atoms with E-state index in [1.807, 2.05) is 21.1 Å². The molecular formula is C9H15N3O. The first-order valence-corrected chi connectivity index (χ1v) is 4.26. The number of hydrogen-bond donors (Lipinski definition) is 0. The lowest BCUT2D eigenvalue weighted by molar-refractivity contribution is 0.112. The van der Waals surface area contributed by atoms with Gasteiger partial charge in [0.05, 0.1) is 11.3 Å². The van der Waals surface area contributed by atoms with E-state index in [1.54, 1.807) is 10.9 Å². The number of carbonyl (C=O) groups is 1. The lowest BCUT2D eigenvalue weighted by Gasteiger charge is -2.07. The number of nitrogens with zero attached hydrogens (tertiary/aromatic N) is 3. The Kier molecular flexibility index (Phi) is 3.19. The Hall–Kier alpha value is -1.16. The zero-order valence-electron chi connectivity index (χ0n) is 8.32. The smallest absolute Gasteiger partial charge is 0.153 e. The predicted molar refractivity (Wildman–Crippen MR) is 50.9 cm³/mol. The molecule has 0 unspecified atom stereocenters. The molecule has 0 amide bonds. The minimum atomic E-state index is 0.698. The molecule has 0 saturated heterocycles. The summed E-state index contributed by atoms with van der Waals surface area (Å²) < 4.78 is 1.68. The Bertz CT molecular complexity index is 291. The highest BCUT2D eigenvalue weighted by atomic mass is 16.1. The van der Waals surface area contributed by atoms with E-state index in [0.29, 0.717) is 5.56 Å². The third-order valence-electron chi connectivity index (χ3n) is 1.86. The molecule has 0 atom stereocenters. The van der Waals surface area contributed by atoms with Crippen molar-refractivity contribution in [3.05, 3.63) is 17.5 Å². The van der Waals surface area contributed by atoms with E-state index in [4.69, 9.17) is 0 Å². The third kappa shape index (κ3) is 2.66. The van der Waals surface area contributed by atoms with E-state index >= 15 is 0 Å². The number of carbonyl (C=O) groups excluding carboxylic acids is 1. The maximum absolute atomic E-state index is 10.6. The van der Waals surface area contributed by atoms with Crippen LogP contribution in [0.5, 0.6) is 0 Å². The summed E-state index contributed by atoms with van der Waals surface area (Å²) in [6.45, 7) is 0.915. The van der Waals surface area contributed by atoms with E-state index in [2.05, 4.69) is 10.00 Å². The van der Waals surface area contributed by atoms with Gasteiger partial charge in [-0.15, -0.1) is 0 Å². The van der Waals surface area contributed by atoms with Crippen LogP contribution in [-0.2, 0) is 13.5 Å². The van der Waals surface area contributed by atoms with Gasteiger partial charge in [0.15, 0.2) is 6.29 Å². The zero-order valence-corrected chi connectivity index (χ0v) is 8.32. The monoisotopic (exact) mass is 181 g/mol. The normalized spacial score (nSPS) is 10.8. The van der Waals surface area contributed by atoms with Crippen LogP contribution in [0.25, 0.3) is 0 Å². The van der Waals surface area contributed by atoms with Gasteiger partial charge in [0.1, 0.15) is 0 Å². The first kappa shape index (κ1) is 9.92. The van der Waals surface area contributed by atoms with Crippen molar-refractivity contribution in [2.24, 2.45) is 7.05 Å². The van der Waals surface area contributed by atoms with Crippen molar-refractivity contribution in [3.63, 3.8) is 0 Å². The molecule has 0 spiro atoms. The van der Waals surface area contributed by atoms with Crippen molar-refractivity contribution in [3.8, 4) is 0 Å². The van der Waals surface area contributed by atoms with Gasteiger partial charge in [-0.25, -0.2) is 0 Å². The topological polar surface area (TPSA) is 38.1 Å². The van der Waals surface area contributed by atoms with Gasteiger partial charge in [0.2, 0.25) is 0 Å². The van der Waals surface area contributed by atoms with Crippen LogP contribution in [0, 0.1) is 0 Å². The molecule has 72 valence electrons. The van der Waals surface area contributed by atoms with Crippen LogP contribution < -0.4 is 0 Å². The van der Waals surface area contributed by atoms with Crippen LogP contribution in [0.2, 0.25) is 0 Å². The molecule has 0 radical (unpaired) electrons. The number of likely N-dealkylation sites (N-methyl/N-ethyl adjacent to an activating group) is 1. The molecule has 0 aliphatic rings. The highest BCUT2D eigenvalue weighted by molar-refractivity contribution is 5.75. The maximum atomic E-state index is 10.6. The second-order valence-corrected chi connectivity index (χ2v) is 3.38. The van der Waals surface area contributed by atoms with Crippen molar-refractivity contribution >= 4 is 6.29 Å². The van der Waals surface area contributed by atoms with E-state index < -0.39 is 0 Å². The van der Waals surface area contributed by atoms with Crippen molar-refractivity contribution < 1.29 is 4.79 Å². The Morgan fingerprint density at radius 1 is 1.62 bits per heavy atom. The Balaban J connectivity index is 2.69. The highest BCUT2D eigenvalue weighted by Crippen LogP contribution is 2.04. The number of aldehydes is 1. The van der Waals surface area contributed by atoms with Gasteiger partial charge >= 0.3 is 0 Å². The molecule has 0 fully saturated rings. The third-order valence-corrected chi connectivity index (χ3v) is 1.86. The van der Waals surface area contributed by atoms with Crippen LogP contribution >= 0.6 is 0 Å². The van der Waals surface area contributed by atoms with Gasteiger partial charge in [-0.05, 0) is 14.1 Å². The molecule has 0 aromatic carbocycles. The molecule has 13 heavy (non-hydrogen) atoms. The fourth-order valence-electron chi connectivity index (χ4n) is 1.18. The molecule has 0 aliphatic heterocycles. The van der Waals surface area contributed by atoms with E-state index in [9.17, 15) is 4.79 Å². The Morgan fingerprint density at radius 3 is 2.85 bits per heavy atom. The SMILES string of the molecule is CN(C)CCc1nn(C)cc1C=O. The minimum Gasteiger partial charge on any atom is -0.309 e. The lowest BCUT2D eigenvalue weighted by Crippen LogP contribution is -2.15. The predicted octanol–water partition coefficient (Wildman–Crippen LogP) is 0.337. The Morgan fingerprint density at radius 2 is 2.31 bits per heavy atom. The average molecular weight is 181 g/mol. The first-order chi connectivity index (χ1) is 6.13. The number of aromatic nitrogens is 2. The molecule has 4 heteroatoms. The standard InChI is InChI=1S/C9H15N3O/c1-11(2)5-4-9-8(7-13)6-12(3)10-9/h6-7H,4-5H2,1-3H3. The van der Waals surface area contributed by atoms with Crippen molar-refractivity contribution in [1.29, 1.82) is 0 Å². The molecule has 4 nitrogen and oxygen atoms in total. The summed E-state index contributed by atoms with van der Waals surface area (Å²) in [5.41, 5.74) is 1.58. The fourth-order valence-corrected chi connectivity index (χ4v) is 1.18. The maximum Gasteiger partial charge on any atom is 0.153 e. The summed E-state index contributed by atoms with van der Waals surface area (Å²) in [7, 11) is 5.83. The molecule has 0 saturated carbocycles. The average Bonchev–Trinajstić information content (AvgIpc) is 2.42. The summed E-state index contributed by atoms with van der Waals surface area (Å²) in [6, 6.07) is 0. The van der Waals surface area contributed by atoms with E-state index in [1.165, 1.54) is 0 Å². The summed E-state index contributed by atoms with van der Waals surface area (Å²) in [4.78, 5) is 12.7. The first-order valence-electron chi connectivity index (χ1n) is 4.26. The van der Waals surface area contributed by atoms with Crippen LogP contribution in [-0.4, -0.2) is 41.6 Å². The number of aryl methyl sites for hydroxylation is 1. The van der Waals surface area contributed by atoms with Gasteiger partial charge in [0.25, 0.3) is 0 Å². The molecule has 1 heterocycles. The van der Waals surface area contributed by atoms with Gasteiger partial charge in [-0.3, -0.25) is 9.48 Å². The van der Waals surface area contributed by atoms with Crippen LogP contribution in [0.1, 0.15) is 16.1 Å². The van der Waals surface area contributed by atoms with Gasteiger partial charge in [-0.2, -0.15) is 5.10 Å². The van der Waals surface area contributed by atoms with E-state index in [0.717, 1.165) is 24.9 Å². The molecule has 0 bridgehead atoms. The molecule has 0 aliphatic carbocycles. The van der Waals surface area contributed by atoms with Gasteiger partial charge < -0.3 is 4.90 Å². The highest BCUT2D eigenvalue weighted by Gasteiger charge is 2.06. The zero-order chi connectivity index (χ0) is 9.84. The van der Waals surface area contributed by atoms with Crippen LogP contribution in [0.3, 0.4) is 0 Å². The summed E-state index contributed by atoms with van der Waals surface area (Å²) in [5.74, 6) is 0. The fraction of sp³-hybridized carbons (Fsp3) is 0.556. The van der Waals surface area contributed by atoms with Crippen molar-refractivity contribution in [2.45, 2.75) is 6.42 Å². The summed E-state index contributed by atoms with van der Waals surface area (Å²) in [6.07, 6.45) is 3.43. The largest absolute Gasteiger partial charge is 0.309 e. The van der Waals surface area contributed by atoms with Crippen LogP contribution in [0.4, 0.5) is 0 Å². The number of rotatable bonds is 4. The molecule has 0 N–H and O–H groups in total. The molecule has 1 rings (SSSR count). The second-order valence-electron chi connectivity index (χ2n) is 3.38. The number of hydrogen-bond acceptors (Lipinski definition) is 3. The van der Waals surface area contributed by atoms with E-state index in [-0.39, 0.29) is 0 Å². The van der Waals surface area contributed by atoms with Gasteiger partial charge in [-0.1, -0.05) is 0 Å². The summed E-state index contributed by atoms with van der Waals surface area (Å²) >= 11 is 0. The summed E-state index contributed by atoms with van der Waals surface area (Å²) in [5, 5.41) is 4.21. The minimum absolute atomic E-state index is 0.698. The molecule has 1 aromatic heterocycles. The van der Waals surface area contributed by atoms with Gasteiger partial charge in [0, 0.05) is 26.2 Å². The quantitative estimate of drug-likeness (QED) is 0.628. The van der Waals surface area contributed by atoms with Crippen molar-refractivity contribution in [2.75, 3.05) is 20.6 Å². The Labute approximate surface area is 78.1 Å². The second kappa shape index (κ2) is 4.18.